The van der Waals surface area contributed by atoms with Crippen molar-refractivity contribution >= 4 is 33.2 Å². The summed E-state index contributed by atoms with van der Waals surface area (Å²) in [6, 6.07) is 9.34. The molecule has 0 aliphatic carbocycles. The van der Waals surface area contributed by atoms with Gasteiger partial charge in [0, 0.05) is 27.2 Å². The smallest absolute Gasteiger partial charge is 0.123 e. The fourth-order valence-corrected chi connectivity index (χ4v) is 2.59. The van der Waals surface area contributed by atoms with Crippen LogP contribution in [0.3, 0.4) is 0 Å². The quantitative estimate of drug-likeness (QED) is 0.824. The molecule has 0 aliphatic heterocycles. The first-order chi connectivity index (χ1) is 8.97. The van der Waals surface area contributed by atoms with Crippen LogP contribution in [0.2, 0.25) is 5.02 Å². The fraction of sp³-hybridized carbons (Fsp3) is 0.143. The van der Waals surface area contributed by atoms with E-state index in [-0.39, 0.29) is 6.42 Å². The highest BCUT2D eigenvalue weighted by Crippen LogP contribution is 2.28. The second-order valence-electron chi connectivity index (χ2n) is 4.23. The Morgan fingerprint density at radius 3 is 2.68 bits per heavy atom. The maximum absolute atomic E-state index is 13.2. The van der Waals surface area contributed by atoms with Gasteiger partial charge >= 0.3 is 0 Å². The van der Waals surface area contributed by atoms with Crippen molar-refractivity contribution in [2.45, 2.75) is 12.5 Å². The fourth-order valence-electron chi connectivity index (χ4n) is 1.84. The Morgan fingerprint density at radius 2 is 2.00 bits per heavy atom. The SMILES string of the molecule is Nc1ccc(F)cc1C(O)Cc1ccc(Br)cc1Cl. The minimum Gasteiger partial charge on any atom is -0.398 e. The van der Waals surface area contributed by atoms with Crippen LogP contribution in [-0.4, -0.2) is 5.11 Å². The summed E-state index contributed by atoms with van der Waals surface area (Å²) in [5, 5.41) is 10.7. The third-order valence-electron chi connectivity index (χ3n) is 2.84. The van der Waals surface area contributed by atoms with E-state index < -0.39 is 11.9 Å². The van der Waals surface area contributed by atoms with Crippen molar-refractivity contribution in [1.29, 1.82) is 0 Å². The lowest BCUT2D eigenvalue weighted by molar-refractivity contribution is 0.179. The van der Waals surface area contributed by atoms with E-state index in [9.17, 15) is 9.50 Å². The molecule has 0 amide bonds. The Bertz CT molecular complexity index is 606. The normalized spacial score (nSPS) is 12.4. The molecule has 0 radical (unpaired) electrons. The van der Waals surface area contributed by atoms with E-state index in [4.69, 9.17) is 17.3 Å². The second kappa shape index (κ2) is 5.90. The van der Waals surface area contributed by atoms with Gasteiger partial charge < -0.3 is 10.8 Å². The van der Waals surface area contributed by atoms with Crippen LogP contribution in [0.4, 0.5) is 10.1 Å². The van der Waals surface area contributed by atoms with Crippen LogP contribution in [0, 0.1) is 5.82 Å². The van der Waals surface area contributed by atoms with Gasteiger partial charge in [-0.2, -0.15) is 0 Å². The molecule has 0 aromatic heterocycles. The van der Waals surface area contributed by atoms with Crippen LogP contribution in [0.15, 0.2) is 40.9 Å². The summed E-state index contributed by atoms with van der Waals surface area (Å²) in [4.78, 5) is 0. The van der Waals surface area contributed by atoms with Gasteiger partial charge in [0.15, 0.2) is 0 Å². The highest BCUT2D eigenvalue weighted by atomic mass is 79.9. The van der Waals surface area contributed by atoms with Gasteiger partial charge in [0.05, 0.1) is 6.10 Å². The summed E-state index contributed by atoms with van der Waals surface area (Å²) in [6.07, 6.45) is -0.617. The number of nitrogens with two attached hydrogens (primary N) is 1. The molecule has 5 heteroatoms. The molecule has 19 heavy (non-hydrogen) atoms. The Labute approximate surface area is 124 Å². The van der Waals surface area contributed by atoms with Crippen LogP contribution < -0.4 is 5.73 Å². The number of hydrogen-bond acceptors (Lipinski definition) is 2. The van der Waals surface area contributed by atoms with Crippen LogP contribution >= 0.6 is 27.5 Å². The molecule has 2 rings (SSSR count). The minimum atomic E-state index is -0.894. The molecule has 2 aromatic carbocycles. The van der Waals surface area contributed by atoms with Gasteiger partial charge in [-0.15, -0.1) is 0 Å². The second-order valence-corrected chi connectivity index (χ2v) is 5.55. The average molecular weight is 345 g/mol. The minimum absolute atomic E-state index is 0.278. The molecule has 1 atom stereocenters. The van der Waals surface area contributed by atoms with Crippen molar-refractivity contribution in [3.63, 3.8) is 0 Å². The molecular weight excluding hydrogens is 333 g/mol. The van der Waals surface area contributed by atoms with Crippen molar-refractivity contribution in [1.82, 2.24) is 0 Å². The molecule has 0 fully saturated rings. The van der Waals surface area contributed by atoms with E-state index in [1.807, 2.05) is 12.1 Å². The lowest BCUT2D eigenvalue weighted by atomic mass is 10.00. The molecule has 0 spiro atoms. The number of hydrogen-bond donors (Lipinski definition) is 2. The lowest BCUT2D eigenvalue weighted by Gasteiger charge is -2.14. The van der Waals surface area contributed by atoms with Gasteiger partial charge in [-0.1, -0.05) is 33.6 Å². The van der Waals surface area contributed by atoms with E-state index >= 15 is 0 Å². The molecule has 0 aliphatic rings. The number of halogens is 3. The zero-order valence-electron chi connectivity index (χ0n) is 9.91. The van der Waals surface area contributed by atoms with Crippen molar-refractivity contribution < 1.29 is 9.50 Å². The highest BCUT2D eigenvalue weighted by Gasteiger charge is 2.14. The van der Waals surface area contributed by atoms with Crippen molar-refractivity contribution in [2.24, 2.45) is 0 Å². The summed E-state index contributed by atoms with van der Waals surface area (Å²) in [5.74, 6) is -0.426. The predicted octanol–water partition coefficient (Wildman–Crippen LogP) is 4.10. The summed E-state index contributed by atoms with van der Waals surface area (Å²) < 4.78 is 14.0. The highest BCUT2D eigenvalue weighted by molar-refractivity contribution is 9.10. The summed E-state index contributed by atoms with van der Waals surface area (Å²) in [6.45, 7) is 0. The summed E-state index contributed by atoms with van der Waals surface area (Å²) in [7, 11) is 0. The third kappa shape index (κ3) is 3.47. The molecule has 0 heterocycles. The van der Waals surface area contributed by atoms with Gasteiger partial charge in [-0.3, -0.25) is 0 Å². The van der Waals surface area contributed by atoms with Crippen LogP contribution in [0.5, 0.6) is 0 Å². The van der Waals surface area contributed by atoms with Crippen molar-refractivity contribution in [2.75, 3.05) is 5.73 Å². The van der Waals surface area contributed by atoms with Gasteiger partial charge in [-0.25, -0.2) is 4.39 Å². The first kappa shape index (κ1) is 14.3. The first-order valence-electron chi connectivity index (χ1n) is 5.64. The first-order valence-corrected chi connectivity index (χ1v) is 6.81. The maximum atomic E-state index is 13.2. The van der Waals surface area contributed by atoms with Crippen LogP contribution in [0.1, 0.15) is 17.2 Å². The number of benzene rings is 2. The predicted molar refractivity (Wildman–Crippen MR) is 78.6 cm³/mol. The monoisotopic (exact) mass is 343 g/mol. The topological polar surface area (TPSA) is 46.2 Å². The summed E-state index contributed by atoms with van der Waals surface area (Å²) >= 11 is 9.40. The Kier molecular flexibility index (Phi) is 4.45. The Morgan fingerprint density at radius 1 is 1.26 bits per heavy atom. The number of rotatable bonds is 3. The van der Waals surface area contributed by atoms with E-state index in [2.05, 4.69) is 15.9 Å². The molecule has 3 N–H and O–H groups in total. The van der Waals surface area contributed by atoms with Gasteiger partial charge in [0.2, 0.25) is 0 Å². The molecule has 2 aromatic rings. The number of anilines is 1. The van der Waals surface area contributed by atoms with E-state index in [0.717, 1.165) is 10.0 Å². The zero-order valence-corrected chi connectivity index (χ0v) is 12.2. The number of aliphatic hydroxyl groups excluding tert-OH is 1. The molecule has 0 saturated carbocycles. The molecule has 1 unspecified atom stereocenters. The molecule has 0 bridgehead atoms. The average Bonchev–Trinajstić information content (AvgIpc) is 2.35. The van der Waals surface area contributed by atoms with E-state index in [0.29, 0.717) is 16.3 Å². The molecule has 2 nitrogen and oxygen atoms in total. The van der Waals surface area contributed by atoms with E-state index in [1.54, 1.807) is 6.07 Å². The summed E-state index contributed by atoms with van der Waals surface area (Å²) in [5.41, 5.74) is 7.25. The van der Waals surface area contributed by atoms with Gasteiger partial charge in [0.1, 0.15) is 5.82 Å². The molecular formula is C14H12BrClFNO. The molecule has 100 valence electrons. The van der Waals surface area contributed by atoms with Crippen LogP contribution in [0.25, 0.3) is 0 Å². The Hall–Kier alpha value is -1.10. The van der Waals surface area contributed by atoms with Crippen molar-refractivity contribution in [3.05, 3.63) is 62.8 Å². The standard InChI is InChI=1S/C14H12BrClFNO/c15-9-2-1-8(12(16)6-9)5-14(19)11-7-10(17)3-4-13(11)18/h1-4,6-7,14,19H,5,18H2. The van der Waals surface area contributed by atoms with E-state index in [1.165, 1.54) is 18.2 Å². The Balaban J connectivity index is 2.25. The third-order valence-corrected chi connectivity index (χ3v) is 3.68. The zero-order chi connectivity index (χ0) is 14.0. The number of aliphatic hydroxyl groups is 1. The number of nitrogen functional groups attached to an aromatic ring is 1. The maximum Gasteiger partial charge on any atom is 0.123 e. The van der Waals surface area contributed by atoms with Crippen molar-refractivity contribution in [3.8, 4) is 0 Å². The molecule has 0 saturated heterocycles. The van der Waals surface area contributed by atoms with Gasteiger partial charge in [-0.05, 0) is 35.9 Å². The largest absolute Gasteiger partial charge is 0.398 e. The lowest BCUT2D eigenvalue weighted by Crippen LogP contribution is -2.06. The van der Waals surface area contributed by atoms with Gasteiger partial charge in [0.25, 0.3) is 0 Å². The van der Waals surface area contributed by atoms with Crippen LogP contribution in [-0.2, 0) is 6.42 Å².